The molecule has 1 aliphatic carbocycles. The summed E-state index contributed by atoms with van der Waals surface area (Å²) in [5.74, 6) is -1.46. The lowest BCUT2D eigenvalue weighted by molar-refractivity contribution is -0.171. The van der Waals surface area contributed by atoms with Gasteiger partial charge >= 0.3 is 12.4 Å². The molecule has 0 bridgehead atoms. The average molecular weight is 438 g/mol. The van der Waals surface area contributed by atoms with Crippen LogP contribution in [0.15, 0.2) is 21.9 Å². The highest BCUT2D eigenvalue weighted by Gasteiger charge is 2.51. The molecule has 0 aromatic carbocycles. The second-order valence-electron chi connectivity index (χ2n) is 5.47. The molecule has 1 N–H and O–H groups in total. The number of hydrogen-bond donors (Lipinski definition) is 1. The van der Waals surface area contributed by atoms with E-state index in [2.05, 4.69) is 21.2 Å². The smallest absolute Gasteiger partial charge is 0.421 e. The monoisotopic (exact) mass is 437 g/mol. The first-order valence-electron chi connectivity index (χ1n) is 7.66. The van der Waals surface area contributed by atoms with Crippen molar-refractivity contribution < 1.29 is 35.9 Å². The molecule has 0 aromatic rings. The van der Waals surface area contributed by atoms with Crippen LogP contribution in [0.25, 0.3) is 0 Å². The number of carbonyl (C=O) groups is 1. The number of hydrogen-bond acceptors (Lipinski definition) is 2. The maximum absolute atomic E-state index is 12.6. The van der Waals surface area contributed by atoms with Gasteiger partial charge in [-0.2, -0.15) is 26.3 Å². The molecule has 0 heterocycles. The molecule has 1 saturated carbocycles. The third kappa shape index (κ3) is 6.91. The van der Waals surface area contributed by atoms with Gasteiger partial charge in [-0.25, -0.2) is 0 Å². The highest BCUT2D eigenvalue weighted by Crippen LogP contribution is 2.40. The van der Waals surface area contributed by atoms with Crippen molar-refractivity contribution in [3.8, 4) is 0 Å². The fourth-order valence-corrected chi connectivity index (χ4v) is 2.93. The van der Waals surface area contributed by atoms with Gasteiger partial charge in [-0.3, -0.25) is 4.79 Å². The van der Waals surface area contributed by atoms with E-state index >= 15 is 0 Å². The minimum Gasteiger partial charge on any atom is -0.487 e. The van der Waals surface area contributed by atoms with Crippen molar-refractivity contribution in [3.63, 3.8) is 0 Å². The van der Waals surface area contributed by atoms with E-state index in [1.54, 1.807) is 0 Å². The molecule has 10 heteroatoms. The first-order chi connectivity index (χ1) is 11.5. The van der Waals surface area contributed by atoms with Crippen molar-refractivity contribution >= 4 is 21.8 Å². The Morgan fingerprint density at radius 3 is 2.08 bits per heavy atom. The number of allylic oxidation sites excluding steroid dienone is 3. The lowest BCUT2D eigenvalue weighted by atomic mass is 9.95. The van der Waals surface area contributed by atoms with Gasteiger partial charge in [0.15, 0.2) is 5.76 Å². The molecule has 25 heavy (non-hydrogen) atoms. The van der Waals surface area contributed by atoms with E-state index in [0.29, 0.717) is 12.8 Å². The standard InChI is InChI=1S/C15H18BrF6NO2/c1-2-25-12(13(24)23-9-6-4-3-5-7-9)10(16)8-11(14(17,18)19)15(20,21)22/h8-9H,2-7H2,1H3,(H,23,24)/b12-10+. The Morgan fingerprint density at radius 1 is 1.12 bits per heavy atom. The number of nitrogens with one attached hydrogen (secondary N) is 1. The van der Waals surface area contributed by atoms with Crippen molar-refractivity contribution in [3.05, 3.63) is 21.9 Å². The Morgan fingerprint density at radius 2 is 1.64 bits per heavy atom. The fraction of sp³-hybridized carbons (Fsp3) is 0.667. The quantitative estimate of drug-likeness (QED) is 0.280. The van der Waals surface area contributed by atoms with E-state index in [4.69, 9.17) is 4.74 Å². The van der Waals surface area contributed by atoms with Gasteiger partial charge < -0.3 is 10.1 Å². The van der Waals surface area contributed by atoms with Crippen LogP contribution in [0, 0.1) is 0 Å². The van der Waals surface area contributed by atoms with Gasteiger partial charge in [0.05, 0.1) is 11.1 Å². The van der Waals surface area contributed by atoms with Crippen LogP contribution in [0.2, 0.25) is 0 Å². The zero-order valence-corrected chi connectivity index (χ0v) is 14.9. The highest BCUT2D eigenvalue weighted by atomic mass is 79.9. The van der Waals surface area contributed by atoms with Crippen molar-refractivity contribution in [1.29, 1.82) is 0 Å². The lowest BCUT2D eigenvalue weighted by Gasteiger charge is -2.23. The molecule has 0 spiro atoms. The molecule has 0 atom stereocenters. The molecule has 1 aliphatic rings. The molecule has 0 unspecified atom stereocenters. The zero-order valence-electron chi connectivity index (χ0n) is 13.4. The molecule has 0 saturated heterocycles. The molecule has 1 fully saturated rings. The highest BCUT2D eigenvalue weighted by molar-refractivity contribution is 9.11. The second kappa shape index (κ2) is 8.95. The molecule has 0 aliphatic heterocycles. The average Bonchev–Trinajstić information content (AvgIpc) is 2.48. The molecule has 3 nitrogen and oxygen atoms in total. The molecule has 1 rings (SSSR count). The molecule has 144 valence electrons. The van der Waals surface area contributed by atoms with Gasteiger partial charge in [0.1, 0.15) is 5.57 Å². The van der Waals surface area contributed by atoms with Crippen LogP contribution in [-0.4, -0.2) is 30.9 Å². The minimum absolute atomic E-state index is 0.0935. The van der Waals surface area contributed by atoms with E-state index in [0.717, 1.165) is 19.3 Å². The van der Waals surface area contributed by atoms with Gasteiger partial charge in [0, 0.05) is 6.04 Å². The van der Waals surface area contributed by atoms with E-state index in [-0.39, 0.29) is 18.7 Å². The summed E-state index contributed by atoms with van der Waals surface area (Å²) in [7, 11) is 0. The first-order valence-corrected chi connectivity index (χ1v) is 8.45. The van der Waals surface area contributed by atoms with Crippen molar-refractivity contribution in [2.75, 3.05) is 6.61 Å². The summed E-state index contributed by atoms with van der Waals surface area (Å²) in [4.78, 5) is 12.2. The third-order valence-electron chi connectivity index (χ3n) is 3.53. The van der Waals surface area contributed by atoms with Crippen LogP contribution < -0.4 is 5.32 Å². The Labute approximate surface area is 149 Å². The summed E-state index contributed by atoms with van der Waals surface area (Å²) < 4.78 is 80.0. The maximum Gasteiger partial charge on any atom is 0.421 e. The Bertz CT molecular complexity index is 517. The van der Waals surface area contributed by atoms with Gasteiger partial charge in [-0.15, -0.1) is 0 Å². The van der Waals surface area contributed by atoms with Crippen LogP contribution in [-0.2, 0) is 9.53 Å². The molecule has 0 radical (unpaired) electrons. The summed E-state index contributed by atoms with van der Waals surface area (Å²) in [5, 5.41) is 2.59. The predicted octanol–water partition coefficient (Wildman–Crippen LogP) is 5.13. The van der Waals surface area contributed by atoms with Gasteiger partial charge in [0.25, 0.3) is 5.91 Å². The predicted molar refractivity (Wildman–Crippen MR) is 82.8 cm³/mol. The lowest BCUT2D eigenvalue weighted by Crippen LogP contribution is -2.37. The maximum atomic E-state index is 12.6. The molecular formula is C15H18BrF6NO2. The van der Waals surface area contributed by atoms with E-state index in [1.807, 2.05) is 0 Å². The molecule has 0 aromatic heterocycles. The van der Waals surface area contributed by atoms with Crippen LogP contribution >= 0.6 is 15.9 Å². The Hall–Kier alpha value is -1.19. The van der Waals surface area contributed by atoms with Crippen molar-refractivity contribution in [2.45, 2.75) is 57.4 Å². The van der Waals surface area contributed by atoms with Crippen molar-refractivity contribution in [2.24, 2.45) is 0 Å². The zero-order chi connectivity index (χ0) is 19.3. The Balaban J connectivity index is 3.14. The second-order valence-corrected chi connectivity index (χ2v) is 6.33. The summed E-state index contributed by atoms with van der Waals surface area (Å²) in [5.41, 5.74) is -2.73. The summed E-state index contributed by atoms with van der Waals surface area (Å²) >= 11 is 2.61. The van der Waals surface area contributed by atoms with Gasteiger partial charge in [-0.1, -0.05) is 19.3 Å². The number of halogens is 7. The van der Waals surface area contributed by atoms with E-state index in [9.17, 15) is 31.1 Å². The van der Waals surface area contributed by atoms with Crippen molar-refractivity contribution in [1.82, 2.24) is 5.32 Å². The van der Waals surface area contributed by atoms with E-state index in [1.165, 1.54) is 6.92 Å². The normalized spacial score (nSPS) is 17.6. The van der Waals surface area contributed by atoms with E-state index < -0.39 is 34.1 Å². The number of rotatable bonds is 5. The summed E-state index contributed by atoms with van der Waals surface area (Å²) in [6.45, 7) is 1.37. The van der Waals surface area contributed by atoms with Crippen LogP contribution in [0.1, 0.15) is 39.0 Å². The van der Waals surface area contributed by atoms with Crippen LogP contribution in [0.5, 0.6) is 0 Å². The number of amides is 1. The number of ether oxygens (including phenoxy) is 1. The molecule has 1 amide bonds. The Kier molecular flexibility index (Phi) is 7.83. The van der Waals surface area contributed by atoms with Crippen LogP contribution in [0.3, 0.4) is 0 Å². The minimum atomic E-state index is -5.62. The summed E-state index contributed by atoms with van der Waals surface area (Å²) in [6, 6.07) is -0.175. The topological polar surface area (TPSA) is 38.3 Å². The van der Waals surface area contributed by atoms with Gasteiger partial charge in [0.2, 0.25) is 0 Å². The van der Waals surface area contributed by atoms with Crippen LogP contribution in [0.4, 0.5) is 26.3 Å². The first kappa shape index (κ1) is 21.9. The summed E-state index contributed by atoms with van der Waals surface area (Å²) in [6.07, 6.45) is -7.19. The number of alkyl halides is 6. The SMILES string of the molecule is CCO/C(C(=O)NC1CCCCC1)=C(/Br)C=C(C(F)(F)F)C(F)(F)F. The third-order valence-corrected chi connectivity index (χ3v) is 4.12. The molecular weight excluding hydrogens is 420 g/mol. The van der Waals surface area contributed by atoms with Gasteiger partial charge in [-0.05, 0) is 41.8 Å². The fourth-order valence-electron chi connectivity index (χ4n) is 2.40. The number of carbonyl (C=O) groups excluding carboxylic acids is 1. The largest absolute Gasteiger partial charge is 0.487 e.